The Morgan fingerprint density at radius 3 is 3.00 bits per heavy atom. The van der Waals surface area contributed by atoms with Gasteiger partial charge in [-0.05, 0) is 24.6 Å². The lowest BCUT2D eigenvalue weighted by molar-refractivity contribution is 0.600. The van der Waals surface area contributed by atoms with Gasteiger partial charge in [-0.25, -0.2) is 8.42 Å². The van der Waals surface area contributed by atoms with E-state index in [1.165, 1.54) is 0 Å². The van der Waals surface area contributed by atoms with Crippen LogP contribution in [0.3, 0.4) is 0 Å². The second-order valence-corrected chi connectivity index (χ2v) is 5.86. The lowest BCUT2D eigenvalue weighted by atomic mass is 10.2. The monoisotopic (exact) mass is 273 g/mol. The third kappa shape index (κ3) is 3.10. The molecule has 0 aliphatic carbocycles. The van der Waals surface area contributed by atoms with Gasteiger partial charge >= 0.3 is 0 Å². The number of anilines is 1. The fourth-order valence-electron chi connectivity index (χ4n) is 1.48. The first-order valence-corrected chi connectivity index (χ1v) is 7.29. The molecule has 0 atom stereocenters. The van der Waals surface area contributed by atoms with Crippen molar-refractivity contribution in [1.82, 2.24) is 10.2 Å². The van der Waals surface area contributed by atoms with Crippen LogP contribution in [0.5, 0.6) is 0 Å². The average molecular weight is 274 g/mol. The molecule has 7 heteroatoms. The van der Waals surface area contributed by atoms with Crippen LogP contribution in [0.2, 0.25) is 0 Å². The van der Waals surface area contributed by atoms with E-state index < -0.39 is 10.0 Å². The van der Waals surface area contributed by atoms with Crippen molar-refractivity contribution in [2.24, 2.45) is 0 Å². The van der Waals surface area contributed by atoms with E-state index in [1.807, 2.05) is 0 Å². The summed E-state index contributed by atoms with van der Waals surface area (Å²) in [6.07, 6.45) is 2.08. The van der Waals surface area contributed by atoms with Crippen molar-refractivity contribution in [2.75, 3.05) is 16.4 Å². The van der Waals surface area contributed by atoms with Gasteiger partial charge in [0.25, 0.3) is 0 Å². The Bertz CT molecular complexity index is 609. The third-order valence-corrected chi connectivity index (χ3v) is 3.90. The summed E-state index contributed by atoms with van der Waals surface area (Å²) in [5, 5.41) is 7.53. The van der Waals surface area contributed by atoms with E-state index in [4.69, 9.17) is 11.6 Å². The van der Waals surface area contributed by atoms with Crippen LogP contribution in [-0.2, 0) is 10.0 Å². The first kappa shape index (κ1) is 12.2. The van der Waals surface area contributed by atoms with Crippen molar-refractivity contribution in [3.63, 3.8) is 0 Å². The number of nitrogens with one attached hydrogen (secondary N) is 2. The quantitative estimate of drug-likeness (QED) is 0.818. The number of hydrogen-bond acceptors (Lipinski definition) is 3. The minimum atomic E-state index is -3.31. The van der Waals surface area contributed by atoms with Crippen LogP contribution in [0, 0.1) is 0 Å². The van der Waals surface area contributed by atoms with Crippen LogP contribution < -0.4 is 4.72 Å². The Balaban J connectivity index is 2.17. The fraction of sp³-hybridized carbons (Fsp3) is 0.300. The van der Waals surface area contributed by atoms with Crippen molar-refractivity contribution >= 4 is 38.2 Å². The molecule has 92 valence electrons. The zero-order valence-electron chi connectivity index (χ0n) is 8.98. The number of aromatic amines is 1. The molecule has 0 aliphatic rings. The lowest BCUT2D eigenvalue weighted by Gasteiger charge is -2.06. The van der Waals surface area contributed by atoms with Gasteiger partial charge in [-0.2, -0.15) is 5.10 Å². The first-order valence-electron chi connectivity index (χ1n) is 5.10. The highest BCUT2D eigenvalue weighted by molar-refractivity contribution is 7.92. The number of benzene rings is 1. The van der Waals surface area contributed by atoms with Crippen LogP contribution in [0.25, 0.3) is 10.9 Å². The standard InChI is InChI=1S/C10H12ClN3O2S/c11-4-1-5-17(15,16)14-9-2-3-10-8(6-9)7-12-13-10/h2-3,6-7,14H,1,4-5H2,(H,12,13). The van der Waals surface area contributed by atoms with Crippen molar-refractivity contribution in [2.45, 2.75) is 6.42 Å². The zero-order chi connectivity index (χ0) is 12.3. The van der Waals surface area contributed by atoms with Gasteiger partial charge in [0, 0.05) is 17.0 Å². The van der Waals surface area contributed by atoms with Gasteiger partial charge < -0.3 is 0 Å². The van der Waals surface area contributed by atoms with Gasteiger partial charge in [-0.1, -0.05) is 0 Å². The molecule has 0 aliphatic heterocycles. The van der Waals surface area contributed by atoms with Gasteiger partial charge in [0.15, 0.2) is 0 Å². The molecule has 0 radical (unpaired) electrons. The molecule has 1 heterocycles. The summed E-state index contributed by atoms with van der Waals surface area (Å²) in [6.45, 7) is 0. The number of sulfonamides is 1. The largest absolute Gasteiger partial charge is 0.284 e. The van der Waals surface area contributed by atoms with Gasteiger partial charge in [0.05, 0.1) is 17.5 Å². The van der Waals surface area contributed by atoms with Crippen LogP contribution in [-0.4, -0.2) is 30.2 Å². The minimum absolute atomic E-state index is 0.0277. The molecule has 0 saturated heterocycles. The Morgan fingerprint density at radius 2 is 2.24 bits per heavy atom. The number of fused-ring (bicyclic) bond motifs is 1. The van der Waals surface area contributed by atoms with E-state index in [0.29, 0.717) is 18.0 Å². The molecule has 0 bridgehead atoms. The van der Waals surface area contributed by atoms with Gasteiger partial charge in [-0.15, -0.1) is 11.6 Å². The molecule has 0 saturated carbocycles. The highest BCUT2D eigenvalue weighted by atomic mass is 35.5. The topological polar surface area (TPSA) is 74.8 Å². The number of halogens is 1. The van der Waals surface area contributed by atoms with Crippen molar-refractivity contribution < 1.29 is 8.42 Å². The SMILES string of the molecule is O=S(=O)(CCCCl)Nc1ccc2[nH]ncc2c1. The highest BCUT2D eigenvalue weighted by Crippen LogP contribution is 2.17. The normalized spacial score (nSPS) is 11.8. The molecule has 5 nitrogen and oxygen atoms in total. The van der Waals surface area contributed by atoms with Crippen LogP contribution in [0.1, 0.15) is 6.42 Å². The number of H-pyrrole nitrogens is 1. The maximum Gasteiger partial charge on any atom is 0.232 e. The Hall–Kier alpha value is -1.27. The lowest BCUT2D eigenvalue weighted by Crippen LogP contribution is -2.16. The van der Waals surface area contributed by atoms with E-state index in [2.05, 4.69) is 14.9 Å². The molecule has 0 amide bonds. The summed E-state index contributed by atoms with van der Waals surface area (Å²) < 4.78 is 25.8. The highest BCUT2D eigenvalue weighted by Gasteiger charge is 2.10. The van der Waals surface area contributed by atoms with Crippen molar-refractivity contribution in [3.8, 4) is 0 Å². The second-order valence-electron chi connectivity index (χ2n) is 3.64. The van der Waals surface area contributed by atoms with Crippen LogP contribution >= 0.6 is 11.6 Å². The molecule has 0 fully saturated rings. The maximum absolute atomic E-state index is 11.6. The summed E-state index contributed by atoms with van der Waals surface area (Å²) in [4.78, 5) is 0. The van der Waals surface area contributed by atoms with E-state index in [9.17, 15) is 8.42 Å². The van der Waals surface area contributed by atoms with Gasteiger partial charge in [-0.3, -0.25) is 9.82 Å². The van der Waals surface area contributed by atoms with E-state index >= 15 is 0 Å². The van der Waals surface area contributed by atoms with Crippen LogP contribution in [0.4, 0.5) is 5.69 Å². The molecule has 1 aromatic heterocycles. The smallest absolute Gasteiger partial charge is 0.232 e. The van der Waals surface area contributed by atoms with Crippen molar-refractivity contribution in [1.29, 1.82) is 0 Å². The summed E-state index contributed by atoms with van der Waals surface area (Å²) in [5.74, 6) is 0.363. The Labute approximate surface area is 104 Å². The summed E-state index contributed by atoms with van der Waals surface area (Å²) in [5.41, 5.74) is 1.40. The first-order chi connectivity index (χ1) is 8.11. The molecule has 2 rings (SSSR count). The van der Waals surface area contributed by atoms with E-state index in [0.717, 1.165) is 10.9 Å². The number of rotatable bonds is 5. The molecule has 0 unspecified atom stereocenters. The number of aromatic nitrogens is 2. The van der Waals surface area contributed by atoms with Gasteiger partial charge in [0.1, 0.15) is 0 Å². The summed E-state index contributed by atoms with van der Waals surface area (Å²) in [6, 6.07) is 5.21. The van der Waals surface area contributed by atoms with E-state index in [-0.39, 0.29) is 5.75 Å². The molecule has 2 aromatic rings. The molecule has 2 N–H and O–H groups in total. The summed E-state index contributed by atoms with van der Waals surface area (Å²) >= 11 is 5.47. The van der Waals surface area contributed by atoms with E-state index in [1.54, 1.807) is 24.4 Å². The number of hydrogen-bond donors (Lipinski definition) is 2. The molecule has 1 aromatic carbocycles. The zero-order valence-corrected chi connectivity index (χ0v) is 10.6. The maximum atomic E-state index is 11.6. The molecular weight excluding hydrogens is 262 g/mol. The number of nitrogens with zero attached hydrogens (tertiary/aromatic N) is 1. The Kier molecular flexibility index (Phi) is 3.54. The molecular formula is C10H12ClN3O2S. The average Bonchev–Trinajstić information content (AvgIpc) is 2.73. The van der Waals surface area contributed by atoms with Crippen molar-refractivity contribution in [3.05, 3.63) is 24.4 Å². The number of alkyl halides is 1. The fourth-order valence-corrected chi connectivity index (χ4v) is 2.89. The summed E-state index contributed by atoms with van der Waals surface area (Å²) in [7, 11) is -3.31. The molecule has 17 heavy (non-hydrogen) atoms. The molecule has 0 spiro atoms. The van der Waals surface area contributed by atoms with Crippen LogP contribution in [0.15, 0.2) is 24.4 Å². The second kappa shape index (κ2) is 4.93. The van der Waals surface area contributed by atoms with Gasteiger partial charge in [0.2, 0.25) is 10.0 Å². The third-order valence-electron chi connectivity index (χ3n) is 2.26. The Morgan fingerprint density at radius 1 is 1.41 bits per heavy atom. The predicted octanol–water partition coefficient (Wildman–Crippen LogP) is 1.93. The predicted molar refractivity (Wildman–Crippen MR) is 68.8 cm³/mol. The minimum Gasteiger partial charge on any atom is -0.284 e.